The van der Waals surface area contributed by atoms with Gasteiger partial charge >= 0.3 is 0 Å². The molecule has 0 aromatic carbocycles. The Kier molecular flexibility index (Phi) is 8.67. The van der Waals surface area contributed by atoms with E-state index in [1.54, 1.807) is 6.08 Å². The fourth-order valence-corrected chi connectivity index (χ4v) is 2.66. The summed E-state index contributed by atoms with van der Waals surface area (Å²) < 4.78 is 5.02. The molecule has 5 N–H and O–H groups in total. The van der Waals surface area contributed by atoms with E-state index in [0.29, 0.717) is 12.8 Å². The number of amides is 2. The summed E-state index contributed by atoms with van der Waals surface area (Å²) in [6.45, 7) is 3.97. The summed E-state index contributed by atoms with van der Waals surface area (Å²) in [6, 6.07) is -0.773. The van der Waals surface area contributed by atoms with Gasteiger partial charge in [-0.1, -0.05) is 26.0 Å². The molecule has 1 fully saturated rings. The van der Waals surface area contributed by atoms with Crippen molar-refractivity contribution in [2.45, 2.75) is 63.6 Å². The third-order valence-electron chi connectivity index (χ3n) is 4.20. The third kappa shape index (κ3) is 5.86. The van der Waals surface area contributed by atoms with Crippen molar-refractivity contribution >= 4 is 11.8 Å². The Labute approximate surface area is 148 Å². The number of hydrogen-bond acceptors (Lipinski definition) is 7. The minimum absolute atomic E-state index is 0.148. The molecular formula is C17H30N2O6. The fraction of sp³-hybridized carbons (Fsp3) is 0.765. The molecule has 1 saturated heterocycles. The van der Waals surface area contributed by atoms with Crippen molar-refractivity contribution in [3.05, 3.63) is 12.2 Å². The lowest BCUT2D eigenvalue weighted by Gasteiger charge is -2.30. The first-order valence-corrected chi connectivity index (χ1v) is 8.56. The van der Waals surface area contributed by atoms with Gasteiger partial charge in [-0.2, -0.15) is 0 Å². The van der Waals surface area contributed by atoms with Gasteiger partial charge in [-0.25, -0.2) is 0 Å². The highest BCUT2D eigenvalue weighted by atomic mass is 16.5. The Bertz CT molecular complexity index is 482. The summed E-state index contributed by atoms with van der Waals surface area (Å²) in [5.41, 5.74) is 5.75. The Morgan fingerprint density at radius 2 is 1.88 bits per heavy atom. The third-order valence-corrected chi connectivity index (χ3v) is 4.20. The van der Waals surface area contributed by atoms with Crippen molar-refractivity contribution in [3.63, 3.8) is 0 Å². The topological polar surface area (TPSA) is 133 Å². The van der Waals surface area contributed by atoms with Gasteiger partial charge in [0.15, 0.2) is 6.10 Å². The van der Waals surface area contributed by atoms with E-state index in [1.807, 2.05) is 13.8 Å². The molecule has 1 rings (SSSR count). The van der Waals surface area contributed by atoms with Gasteiger partial charge in [0.1, 0.15) is 18.3 Å². The van der Waals surface area contributed by atoms with E-state index in [-0.39, 0.29) is 12.5 Å². The molecule has 25 heavy (non-hydrogen) atoms. The minimum atomic E-state index is -1.70. The quantitative estimate of drug-likeness (QED) is 0.436. The largest absolute Gasteiger partial charge is 0.387 e. The Morgan fingerprint density at radius 1 is 1.24 bits per heavy atom. The van der Waals surface area contributed by atoms with Gasteiger partial charge < -0.3 is 25.8 Å². The van der Waals surface area contributed by atoms with Crippen LogP contribution in [0.4, 0.5) is 0 Å². The lowest BCUT2D eigenvalue weighted by atomic mass is 10.00. The second kappa shape index (κ2) is 9.98. The normalized spacial score (nSPS) is 24.2. The van der Waals surface area contributed by atoms with E-state index in [0.717, 1.165) is 11.3 Å². The van der Waals surface area contributed by atoms with E-state index in [2.05, 4.69) is 0 Å². The maximum Gasteiger partial charge on any atom is 0.261 e. The van der Waals surface area contributed by atoms with Gasteiger partial charge in [0, 0.05) is 13.7 Å². The number of aliphatic hydroxyl groups is 3. The molecular weight excluding hydrogens is 328 g/mol. The summed E-state index contributed by atoms with van der Waals surface area (Å²) in [5.74, 6) is -1.14. The van der Waals surface area contributed by atoms with Crippen molar-refractivity contribution in [2.24, 2.45) is 11.7 Å². The molecule has 0 spiro atoms. The summed E-state index contributed by atoms with van der Waals surface area (Å²) in [6.07, 6.45) is -1.35. The van der Waals surface area contributed by atoms with Crippen LogP contribution in [-0.4, -0.2) is 76.1 Å². The Balaban J connectivity index is 2.87. The summed E-state index contributed by atoms with van der Waals surface area (Å²) in [7, 11) is 1.19. The fourth-order valence-electron chi connectivity index (χ4n) is 2.66. The number of likely N-dealkylation sites (tertiary alicyclic amines) is 1. The molecule has 144 valence electrons. The Hall–Kier alpha value is -1.32. The highest BCUT2D eigenvalue weighted by Crippen LogP contribution is 2.16. The predicted molar refractivity (Wildman–Crippen MR) is 91.3 cm³/mol. The number of allylic oxidation sites excluding steroid dienone is 1. The first kappa shape index (κ1) is 21.7. The molecule has 1 aliphatic rings. The zero-order chi connectivity index (χ0) is 19.1. The zero-order valence-corrected chi connectivity index (χ0v) is 15.0. The van der Waals surface area contributed by atoms with Gasteiger partial charge in [0.25, 0.3) is 5.91 Å². The standard InChI is InChI=1S/C17H30N2O6/c1-10(2)7-8-12(20)13(21)14(22)15(25-3)17(24)19-9-5-4-6-11(18)16(19)23/h7-8,10-15,20-22H,4-6,9,18H2,1-3H3/b8-7+/t11-,12+,13-,14+,15+/m0/s1. The second-order valence-electron chi connectivity index (χ2n) is 6.69. The predicted octanol–water partition coefficient (Wildman–Crippen LogP) is -0.837. The highest BCUT2D eigenvalue weighted by Gasteiger charge is 2.40. The minimum Gasteiger partial charge on any atom is -0.387 e. The number of imide groups is 1. The van der Waals surface area contributed by atoms with Crippen LogP contribution < -0.4 is 5.73 Å². The van der Waals surface area contributed by atoms with E-state index in [4.69, 9.17) is 10.5 Å². The number of aliphatic hydroxyl groups excluding tert-OH is 3. The zero-order valence-electron chi connectivity index (χ0n) is 15.0. The number of methoxy groups -OCH3 is 1. The van der Waals surface area contributed by atoms with Crippen molar-refractivity contribution in [3.8, 4) is 0 Å². The second-order valence-corrected chi connectivity index (χ2v) is 6.69. The lowest BCUT2D eigenvalue weighted by molar-refractivity contribution is -0.164. The number of hydrogen-bond donors (Lipinski definition) is 4. The van der Waals surface area contributed by atoms with Crippen LogP contribution in [0, 0.1) is 5.92 Å². The van der Waals surface area contributed by atoms with Crippen molar-refractivity contribution < 1.29 is 29.6 Å². The molecule has 5 atom stereocenters. The average molecular weight is 358 g/mol. The van der Waals surface area contributed by atoms with E-state index in [9.17, 15) is 24.9 Å². The van der Waals surface area contributed by atoms with E-state index in [1.165, 1.54) is 13.2 Å². The van der Waals surface area contributed by atoms with Crippen LogP contribution in [0.25, 0.3) is 0 Å². The van der Waals surface area contributed by atoms with E-state index >= 15 is 0 Å². The molecule has 0 saturated carbocycles. The number of ether oxygens (including phenoxy) is 1. The average Bonchev–Trinajstić information content (AvgIpc) is 2.74. The van der Waals surface area contributed by atoms with Crippen LogP contribution in [-0.2, 0) is 14.3 Å². The van der Waals surface area contributed by atoms with Crippen LogP contribution in [0.3, 0.4) is 0 Å². The molecule has 8 heteroatoms. The lowest BCUT2D eigenvalue weighted by Crippen LogP contribution is -2.55. The van der Waals surface area contributed by atoms with Gasteiger partial charge in [-0.15, -0.1) is 0 Å². The molecule has 2 amide bonds. The van der Waals surface area contributed by atoms with Crippen LogP contribution in [0.15, 0.2) is 12.2 Å². The SMILES string of the molecule is CO[C@@H](C(=O)N1CCCC[C@H](N)C1=O)[C@H](O)[C@@H](O)[C@H](O)/C=C/C(C)C. The molecule has 0 bridgehead atoms. The Morgan fingerprint density at radius 3 is 2.44 bits per heavy atom. The summed E-state index contributed by atoms with van der Waals surface area (Å²) in [4.78, 5) is 25.8. The first-order valence-electron chi connectivity index (χ1n) is 8.56. The number of carbonyl (C=O) groups is 2. The van der Waals surface area contributed by atoms with Crippen LogP contribution in [0.1, 0.15) is 33.1 Å². The van der Waals surface area contributed by atoms with E-state index < -0.39 is 42.3 Å². The van der Waals surface area contributed by atoms with Gasteiger partial charge in [0.2, 0.25) is 5.91 Å². The summed E-state index contributed by atoms with van der Waals surface area (Å²) in [5, 5.41) is 30.3. The van der Waals surface area contributed by atoms with Gasteiger partial charge in [0.05, 0.1) is 6.04 Å². The molecule has 1 heterocycles. The monoisotopic (exact) mass is 358 g/mol. The molecule has 0 aromatic rings. The van der Waals surface area contributed by atoms with Crippen molar-refractivity contribution in [1.29, 1.82) is 0 Å². The maximum atomic E-state index is 12.6. The first-order chi connectivity index (χ1) is 11.7. The van der Waals surface area contributed by atoms with Crippen LogP contribution in [0.2, 0.25) is 0 Å². The van der Waals surface area contributed by atoms with Crippen LogP contribution in [0.5, 0.6) is 0 Å². The van der Waals surface area contributed by atoms with Gasteiger partial charge in [-0.05, 0) is 25.2 Å². The molecule has 0 aliphatic carbocycles. The number of carbonyl (C=O) groups excluding carboxylic acids is 2. The number of nitrogens with two attached hydrogens (primary N) is 1. The van der Waals surface area contributed by atoms with Crippen molar-refractivity contribution in [1.82, 2.24) is 4.90 Å². The molecule has 1 aliphatic heterocycles. The highest BCUT2D eigenvalue weighted by molar-refractivity contribution is 6.00. The number of rotatable bonds is 7. The smallest absolute Gasteiger partial charge is 0.261 e. The maximum absolute atomic E-state index is 12.6. The van der Waals surface area contributed by atoms with Crippen molar-refractivity contribution in [2.75, 3.05) is 13.7 Å². The molecule has 0 radical (unpaired) electrons. The van der Waals surface area contributed by atoms with Gasteiger partial charge in [-0.3, -0.25) is 14.5 Å². The molecule has 0 unspecified atom stereocenters. The van der Waals surface area contributed by atoms with Crippen LogP contribution >= 0.6 is 0 Å². The molecule has 8 nitrogen and oxygen atoms in total. The molecule has 0 aromatic heterocycles. The summed E-state index contributed by atoms with van der Waals surface area (Å²) >= 11 is 0. The number of nitrogens with zero attached hydrogens (tertiary/aromatic N) is 1.